The topological polar surface area (TPSA) is 68.2 Å². The molecule has 2 aromatic heterocycles. The van der Waals surface area contributed by atoms with Gasteiger partial charge < -0.3 is 9.64 Å². The van der Waals surface area contributed by atoms with E-state index in [-0.39, 0.29) is 11.8 Å². The van der Waals surface area contributed by atoms with Gasteiger partial charge in [-0.25, -0.2) is 0 Å². The van der Waals surface area contributed by atoms with Crippen LogP contribution in [0.3, 0.4) is 0 Å². The molecule has 6 nitrogen and oxygen atoms in total. The van der Waals surface area contributed by atoms with Gasteiger partial charge in [-0.1, -0.05) is 29.6 Å². The van der Waals surface area contributed by atoms with Crippen molar-refractivity contribution in [2.45, 2.75) is 45.4 Å². The number of nitrogens with zero attached hydrogens (tertiary/aromatic N) is 4. The van der Waals surface area contributed by atoms with E-state index in [4.69, 9.17) is 9.72 Å². The number of pyridine rings is 1. The normalized spacial score (nSPS) is 16.4. The second kappa shape index (κ2) is 9.56. The highest BCUT2D eigenvalue weighted by Crippen LogP contribution is 2.29. The van der Waals surface area contributed by atoms with Crippen LogP contribution in [0.5, 0.6) is 5.75 Å². The summed E-state index contributed by atoms with van der Waals surface area (Å²) in [6.45, 7) is 5.50. The first-order valence-corrected chi connectivity index (χ1v) is 11.6. The lowest BCUT2D eigenvalue weighted by Gasteiger charge is -2.32. The van der Waals surface area contributed by atoms with Gasteiger partial charge in [-0.05, 0) is 67.0 Å². The Labute approximate surface area is 187 Å². The SMILES string of the molecule is CCc1nnsc1C(=O)N1CCC[C@H](c2cc(Cc3ccccc3OC)cc(C)n2)C1. The average molecular weight is 437 g/mol. The predicted molar refractivity (Wildman–Crippen MR) is 122 cm³/mol. The summed E-state index contributed by atoms with van der Waals surface area (Å²) in [7, 11) is 1.71. The molecule has 3 aromatic rings. The van der Waals surface area contributed by atoms with E-state index in [1.165, 1.54) is 17.1 Å². The second-order valence-corrected chi connectivity index (χ2v) is 8.78. The number of hydrogen-bond acceptors (Lipinski definition) is 6. The summed E-state index contributed by atoms with van der Waals surface area (Å²) in [6, 6.07) is 12.5. The van der Waals surface area contributed by atoms with Crippen LogP contribution >= 0.6 is 11.5 Å². The molecule has 0 radical (unpaired) electrons. The summed E-state index contributed by atoms with van der Waals surface area (Å²) >= 11 is 1.20. The van der Waals surface area contributed by atoms with Crippen molar-refractivity contribution < 1.29 is 9.53 Å². The van der Waals surface area contributed by atoms with E-state index >= 15 is 0 Å². The zero-order valence-electron chi connectivity index (χ0n) is 18.3. The number of benzene rings is 1. The Balaban J connectivity index is 1.54. The Bertz CT molecular complexity index is 1070. The molecule has 1 aliphatic heterocycles. The Kier molecular flexibility index (Phi) is 6.61. The van der Waals surface area contributed by atoms with Crippen LogP contribution < -0.4 is 4.74 Å². The Hall–Kier alpha value is -2.80. The summed E-state index contributed by atoms with van der Waals surface area (Å²) in [6.07, 6.45) is 3.53. The number of piperidine rings is 1. The third-order valence-electron chi connectivity index (χ3n) is 5.83. The fraction of sp³-hybridized carbons (Fsp3) is 0.417. The molecule has 31 heavy (non-hydrogen) atoms. The number of carbonyl (C=O) groups excluding carboxylic acids is 1. The smallest absolute Gasteiger partial charge is 0.267 e. The van der Waals surface area contributed by atoms with E-state index in [2.05, 4.69) is 27.8 Å². The number of carbonyl (C=O) groups is 1. The number of aryl methyl sites for hydroxylation is 2. The lowest BCUT2D eigenvalue weighted by molar-refractivity contribution is 0.0709. The monoisotopic (exact) mass is 436 g/mol. The third-order valence-corrected chi connectivity index (χ3v) is 6.59. The molecule has 0 aliphatic carbocycles. The maximum Gasteiger partial charge on any atom is 0.267 e. The standard InChI is InChI=1S/C24H28N4O2S/c1-4-20-23(31-27-26-20)24(29)28-11-7-9-19(15-28)21-14-17(12-16(2)25-21)13-18-8-5-6-10-22(18)30-3/h5-6,8,10,12,14,19H,4,7,9,11,13,15H2,1-3H3/t19-/m0/s1. The summed E-state index contributed by atoms with van der Waals surface area (Å²) in [4.78, 5) is 20.6. The van der Waals surface area contributed by atoms with Crippen LogP contribution in [0, 0.1) is 6.92 Å². The zero-order chi connectivity index (χ0) is 21.8. The number of ether oxygens (including phenoxy) is 1. The number of hydrogen-bond donors (Lipinski definition) is 0. The number of rotatable bonds is 6. The van der Waals surface area contributed by atoms with Gasteiger partial charge in [0.25, 0.3) is 5.91 Å². The number of likely N-dealkylation sites (tertiary alicyclic amines) is 1. The molecule has 0 spiro atoms. The predicted octanol–water partition coefficient (Wildman–Crippen LogP) is 4.42. The van der Waals surface area contributed by atoms with E-state index < -0.39 is 0 Å². The summed E-state index contributed by atoms with van der Waals surface area (Å²) in [5, 5.41) is 4.10. The van der Waals surface area contributed by atoms with Crippen molar-refractivity contribution >= 4 is 17.4 Å². The molecule has 0 bridgehead atoms. The molecule has 3 heterocycles. The number of aromatic nitrogens is 3. The zero-order valence-corrected chi connectivity index (χ0v) is 19.1. The van der Waals surface area contributed by atoms with Crippen molar-refractivity contribution in [2.24, 2.45) is 0 Å². The van der Waals surface area contributed by atoms with Crippen LogP contribution in [0.2, 0.25) is 0 Å². The van der Waals surface area contributed by atoms with Crippen LogP contribution in [0.1, 0.15) is 63.6 Å². The fourth-order valence-electron chi connectivity index (χ4n) is 4.30. The molecule has 162 valence electrons. The molecule has 1 atom stereocenters. The molecular weight excluding hydrogens is 408 g/mol. The van der Waals surface area contributed by atoms with Crippen LogP contribution in [0.15, 0.2) is 36.4 Å². The highest BCUT2D eigenvalue weighted by Gasteiger charge is 2.29. The Morgan fingerprint density at radius 3 is 2.94 bits per heavy atom. The van der Waals surface area contributed by atoms with Gasteiger partial charge in [0.1, 0.15) is 10.6 Å². The Morgan fingerprint density at radius 2 is 2.13 bits per heavy atom. The molecule has 0 N–H and O–H groups in total. The number of amides is 1. The van der Waals surface area contributed by atoms with Gasteiger partial charge in [0.2, 0.25) is 0 Å². The minimum absolute atomic E-state index is 0.0541. The molecule has 1 aromatic carbocycles. The highest BCUT2D eigenvalue weighted by molar-refractivity contribution is 7.08. The van der Waals surface area contributed by atoms with Crippen molar-refractivity contribution in [2.75, 3.05) is 20.2 Å². The molecule has 4 rings (SSSR count). The molecule has 1 fully saturated rings. The molecule has 1 amide bonds. The van der Waals surface area contributed by atoms with Crippen molar-refractivity contribution in [3.05, 3.63) is 69.5 Å². The van der Waals surface area contributed by atoms with Gasteiger partial charge in [-0.3, -0.25) is 9.78 Å². The molecular formula is C24H28N4O2S. The maximum absolute atomic E-state index is 13.1. The van der Waals surface area contributed by atoms with E-state index in [0.29, 0.717) is 11.4 Å². The van der Waals surface area contributed by atoms with Crippen LogP contribution in [-0.4, -0.2) is 45.6 Å². The van der Waals surface area contributed by atoms with Crippen molar-refractivity contribution in [1.29, 1.82) is 0 Å². The largest absolute Gasteiger partial charge is 0.496 e. The van der Waals surface area contributed by atoms with E-state index in [9.17, 15) is 4.79 Å². The first kappa shape index (κ1) is 21.4. The fourth-order valence-corrected chi connectivity index (χ4v) is 5.02. The first-order chi connectivity index (χ1) is 15.1. The number of para-hydroxylation sites is 1. The van der Waals surface area contributed by atoms with Gasteiger partial charge in [-0.2, -0.15) is 0 Å². The maximum atomic E-state index is 13.1. The van der Waals surface area contributed by atoms with Crippen molar-refractivity contribution in [1.82, 2.24) is 19.5 Å². The minimum Gasteiger partial charge on any atom is -0.496 e. The van der Waals surface area contributed by atoms with E-state index in [1.807, 2.05) is 36.9 Å². The van der Waals surface area contributed by atoms with E-state index in [0.717, 1.165) is 60.6 Å². The van der Waals surface area contributed by atoms with Gasteiger partial charge in [0, 0.05) is 36.8 Å². The molecule has 1 saturated heterocycles. The average Bonchev–Trinajstić information content (AvgIpc) is 3.27. The van der Waals surface area contributed by atoms with Crippen molar-refractivity contribution in [3.63, 3.8) is 0 Å². The van der Waals surface area contributed by atoms with Crippen molar-refractivity contribution in [3.8, 4) is 5.75 Å². The van der Waals surface area contributed by atoms with Gasteiger partial charge in [0.05, 0.1) is 12.8 Å². The molecule has 7 heteroatoms. The molecule has 0 unspecified atom stereocenters. The highest BCUT2D eigenvalue weighted by atomic mass is 32.1. The summed E-state index contributed by atoms with van der Waals surface area (Å²) in [5.74, 6) is 1.19. The Morgan fingerprint density at radius 1 is 1.29 bits per heavy atom. The second-order valence-electron chi connectivity index (χ2n) is 8.02. The van der Waals surface area contributed by atoms with Crippen LogP contribution in [-0.2, 0) is 12.8 Å². The first-order valence-electron chi connectivity index (χ1n) is 10.8. The van der Waals surface area contributed by atoms with Crippen LogP contribution in [0.4, 0.5) is 0 Å². The molecule has 1 aliphatic rings. The summed E-state index contributed by atoms with van der Waals surface area (Å²) in [5.41, 5.74) is 5.25. The summed E-state index contributed by atoms with van der Waals surface area (Å²) < 4.78 is 9.50. The van der Waals surface area contributed by atoms with Gasteiger partial charge in [0.15, 0.2) is 0 Å². The third kappa shape index (κ3) is 4.77. The van der Waals surface area contributed by atoms with Gasteiger partial charge >= 0.3 is 0 Å². The van der Waals surface area contributed by atoms with Crippen LogP contribution in [0.25, 0.3) is 0 Å². The quantitative estimate of drug-likeness (QED) is 0.572. The lowest BCUT2D eigenvalue weighted by atomic mass is 9.92. The van der Waals surface area contributed by atoms with Gasteiger partial charge in [-0.15, -0.1) is 5.10 Å². The number of methoxy groups -OCH3 is 1. The minimum atomic E-state index is 0.0541. The molecule has 0 saturated carbocycles. The lowest BCUT2D eigenvalue weighted by Crippen LogP contribution is -2.39. The van der Waals surface area contributed by atoms with E-state index in [1.54, 1.807) is 7.11 Å².